The molecular formula is C19H15NO3. The molecule has 0 amide bonds. The van der Waals surface area contributed by atoms with E-state index in [2.05, 4.69) is 16.7 Å². The maximum Gasteiger partial charge on any atom is 0.336 e. The predicted octanol–water partition coefficient (Wildman–Crippen LogP) is 3.96. The number of para-hydroxylation sites is 1. The van der Waals surface area contributed by atoms with Gasteiger partial charge in [0.15, 0.2) is 0 Å². The van der Waals surface area contributed by atoms with Crippen molar-refractivity contribution in [3.63, 3.8) is 0 Å². The van der Waals surface area contributed by atoms with Crippen molar-refractivity contribution in [2.24, 2.45) is 7.05 Å². The van der Waals surface area contributed by atoms with E-state index in [0.29, 0.717) is 11.3 Å². The smallest absolute Gasteiger partial charge is 0.336 e. The zero-order valence-electron chi connectivity index (χ0n) is 12.9. The van der Waals surface area contributed by atoms with Gasteiger partial charge in [-0.3, -0.25) is 0 Å². The molecule has 0 saturated heterocycles. The number of nitrogens with zero attached hydrogens (tertiary/aromatic N) is 1. The van der Waals surface area contributed by atoms with Crippen molar-refractivity contribution >= 4 is 21.9 Å². The molecule has 0 fully saturated rings. The summed E-state index contributed by atoms with van der Waals surface area (Å²) in [6.45, 7) is 0. The SMILES string of the molecule is COc1ccc2c(-c3cn(C)c4ccccc34)cc(=O)oc2c1. The molecule has 0 aliphatic heterocycles. The van der Waals surface area contributed by atoms with Gasteiger partial charge in [-0.05, 0) is 18.2 Å². The maximum absolute atomic E-state index is 12.0. The van der Waals surface area contributed by atoms with Crippen molar-refractivity contribution < 1.29 is 9.15 Å². The van der Waals surface area contributed by atoms with Crippen molar-refractivity contribution in [2.75, 3.05) is 7.11 Å². The summed E-state index contributed by atoms with van der Waals surface area (Å²) in [5.41, 5.74) is 3.17. The quantitative estimate of drug-likeness (QED) is 0.527. The highest BCUT2D eigenvalue weighted by Crippen LogP contribution is 2.34. The standard InChI is InChI=1S/C19H15NO3/c1-20-11-16(13-5-3-4-6-17(13)20)15-10-19(21)23-18-9-12(22-2)7-8-14(15)18/h3-11H,1-2H3. The van der Waals surface area contributed by atoms with Crippen LogP contribution in [0.25, 0.3) is 33.0 Å². The second kappa shape index (κ2) is 5.02. The first-order chi connectivity index (χ1) is 11.2. The van der Waals surface area contributed by atoms with Gasteiger partial charge in [0.05, 0.1) is 7.11 Å². The third-order valence-electron chi connectivity index (χ3n) is 4.14. The Morgan fingerprint density at radius 3 is 2.65 bits per heavy atom. The van der Waals surface area contributed by atoms with Crippen molar-refractivity contribution in [3.8, 4) is 16.9 Å². The van der Waals surface area contributed by atoms with Crippen molar-refractivity contribution in [1.29, 1.82) is 0 Å². The van der Waals surface area contributed by atoms with Gasteiger partial charge in [0.2, 0.25) is 0 Å². The van der Waals surface area contributed by atoms with Gasteiger partial charge in [-0.25, -0.2) is 4.79 Å². The minimum Gasteiger partial charge on any atom is -0.497 e. The lowest BCUT2D eigenvalue weighted by atomic mass is 10.0. The number of rotatable bonds is 2. The zero-order chi connectivity index (χ0) is 16.0. The molecule has 23 heavy (non-hydrogen) atoms. The number of aryl methyl sites for hydroxylation is 1. The van der Waals surface area contributed by atoms with Gasteiger partial charge in [-0.15, -0.1) is 0 Å². The van der Waals surface area contributed by atoms with Gasteiger partial charge in [0, 0.05) is 52.8 Å². The second-order valence-electron chi connectivity index (χ2n) is 5.51. The number of hydrogen-bond acceptors (Lipinski definition) is 3. The van der Waals surface area contributed by atoms with Crippen LogP contribution in [0.5, 0.6) is 5.75 Å². The predicted molar refractivity (Wildman–Crippen MR) is 90.9 cm³/mol. The van der Waals surface area contributed by atoms with Gasteiger partial charge in [0.25, 0.3) is 0 Å². The Bertz CT molecular complexity index is 1090. The van der Waals surface area contributed by atoms with Gasteiger partial charge in [-0.1, -0.05) is 18.2 Å². The monoisotopic (exact) mass is 305 g/mol. The Hall–Kier alpha value is -3.01. The molecule has 0 unspecified atom stereocenters. The molecule has 0 spiro atoms. The van der Waals surface area contributed by atoms with E-state index >= 15 is 0 Å². The van der Waals surface area contributed by atoms with E-state index in [-0.39, 0.29) is 5.63 Å². The summed E-state index contributed by atoms with van der Waals surface area (Å²) in [7, 11) is 3.59. The molecule has 0 aliphatic carbocycles. The number of hydrogen-bond donors (Lipinski definition) is 0. The van der Waals surface area contributed by atoms with Crippen LogP contribution in [0.3, 0.4) is 0 Å². The molecule has 2 aromatic carbocycles. The second-order valence-corrected chi connectivity index (χ2v) is 5.51. The van der Waals surface area contributed by atoms with E-state index in [1.54, 1.807) is 19.2 Å². The number of methoxy groups -OCH3 is 1. The molecule has 4 aromatic rings. The van der Waals surface area contributed by atoms with Crippen LogP contribution >= 0.6 is 0 Å². The fourth-order valence-electron chi connectivity index (χ4n) is 3.05. The Morgan fingerprint density at radius 2 is 1.83 bits per heavy atom. The van der Waals surface area contributed by atoms with Crippen LogP contribution < -0.4 is 10.4 Å². The minimum absolute atomic E-state index is 0.367. The largest absolute Gasteiger partial charge is 0.497 e. The van der Waals surface area contributed by atoms with Crippen LogP contribution in [-0.4, -0.2) is 11.7 Å². The van der Waals surface area contributed by atoms with Gasteiger partial charge in [-0.2, -0.15) is 0 Å². The lowest BCUT2D eigenvalue weighted by Crippen LogP contribution is -1.98. The third kappa shape index (κ3) is 2.11. The number of fused-ring (bicyclic) bond motifs is 2. The topological polar surface area (TPSA) is 44.4 Å². The molecule has 4 rings (SSSR count). The molecule has 0 atom stereocenters. The maximum atomic E-state index is 12.0. The molecule has 4 nitrogen and oxygen atoms in total. The van der Waals surface area contributed by atoms with Crippen molar-refractivity contribution in [1.82, 2.24) is 4.57 Å². The molecule has 0 N–H and O–H groups in total. The van der Waals surface area contributed by atoms with Crippen LogP contribution in [0.2, 0.25) is 0 Å². The van der Waals surface area contributed by atoms with Crippen LogP contribution in [0.1, 0.15) is 0 Å². The first-order valence-electron chi connectivity index (χ1n) is 7.34. The summed E-state index contributed by atoms with van der Waals surface area (Å²) in [5, 5.41) is 2.00. The van der Waals surface area contributed by atoms with E-state index in [4.69, 9.17) is 9.15 Å². The zero-order valence-corrected chi connectivity index (χ0v) is 12.9. The Morgan fingerprint density at radius 1 is 1.00 bits per heavy atom. The summed E-state index contributed by atoms with van der Waals surface area (Å²) in [6, 6.07) is 15.2. The van der Waals surface area contributed by atoms with Crippen LogP contribution in [0.4, 0.5) is 0 Å². The Labute approximate surface area is 132 Å². The summed E-state index contributed by atoms with van der Waals surface area (Å²) in [5.74, 6) is 0.663. The Balaban J connectivity index is 2.10. The van der Waals surface area contributed by atoms with Gasteiger partial charge < -0.3 is 13.7 Å². The lowest BCUT2D eigenvalue weighted by Gasteiger charge is -2.06. The molecule has 0 aliphatic rings. The molecule has 0 saturated carbocycles. The van der Waals surface area contributed by atoms with Crippen LogP contribution in [-0.2, 0) is 7.05 Å². The highest BCUT2D eigenvalue weighted by atomic mass is 16.5. The average Bonchev–Trinajstić information content (AvgIpc) is 2.90. The van der Waals surface area contributed by atoms with E-state index in [1.807, 2.05) is 37.5 Å². The molecule has 4 heteroatoms. The number of aromatic nitrogens is 1. The first kappa shape index (κ1) is 13.6. The highest BCUT2D eigenvalue weighted by molar-refractivity contribution is 6.04. The van der Waals surface area contributed by atoms with E-state index in [1.165, 1.54) is 0 Å². The van der Waals surface area contributed by atoms with Gasteiger partial charge in [0.1, 0.15) is 11.3 Å². The first-order valence-corrected chi connectivity index (χ1v) is 7.34. The normalized spacial score (nSPS) is 11.2. The summed E-state index contributed by atoms with van der Waals surface area (Å²) >= 11 is 0. The average molecular weight is 305 g/mol. The fraction of sp³-hybridized carbons (Fsp3) is 0.105. The Kier molecular flexibility index (Phi) is 2.98. The summed E-state index contributed by atoms with van der Waals surface area (Å²) in [6.07, 6.45) is 2.04. The van der Waals surface area contributed by atoms with Gasteiger partial charge >= 0.3 is 5.63 Å². The molecule has 114 valence electrons. The molecule has 0 bridgehead atoms. The van der Waals surface area contributed by atoms with Crippen LogP contribution in [0, 0.1) is 0 Å². The lowest BCUT2D eigenvalue weighted by molar-refractivity contribution is 0.414. The molecule has 2 aromatic heterocycles. The van der Waals surface area contributed by atoms with E-state index in [9.17, 15) is 4.79 Å². The fourth-order valence-corrected chi connectivity index (χ4v) is 3.05. The number of benzene rings is 2. The molecule has 2 heterocycles. The molecular weight excluding hydrogens is 290 g/mol. The molecule has 0 radical (unpaired) electrons. The van der Waals surface area contributed by atoms with Crippen LogP contribution in [0.15, 0.2) is 63.9 Å². The third-order valence-corrected chi connectivity index (χ3v) is 4.14. The van der Waals surface area contributed by atoms with E-state index in [0.717, 1.165) is 27.4 Å². The highest BCUT2D eigenvalue weighted by Gasteiger charge is 2.13. The summed E-state index contributed by atoms with van der Waals surface area (Å²) in [4.78, 5) is 12.0. The van der Waals surface area contributed by atoms with Crippen molar-refractivity contribution in [3.05, 3.63) is 65.1 Å². The van der Waals surface area contributed by atoms with Crippen molar-refractivity contribution in [2.45, 2.75) is 0 Å². The minimum atomic E-state index is -0.367. The summed E-state index contributed by atoms with van der Waals surface area (Å²) < 4.78 is 12.6. The number of ether oxygens (including phenoxy) is 1. The van der Waals surface area contributed by atoms with E-state index < -0.39 is 0 Å².